The number of nitrogens with one attached hydrogen (secondary N) is 1. The lowest BCUT2D eigenvalue weighted by molar-refractivity contribution is 0.0886. The molecule has 2 rings (SSSR count). The van der Waals surface area contributed by atoms with E-state index in [1.165, 1.54) is 12.8 Å². The number of unbranched alkanes of at least 4 members (excludes halogenated alkanes) is 3. The fraction of sp³-hybridized carbons (Fsp3) is 0.667. The molecule has 136 valence electrons. The van der Waals surface area contributed by atoms with E-state index in [0.717, 1.165) is 45.2 Å². The van der Waals surface area contributed by atoms with E-state index in [0.29, 0.717) is 24.7 Å². The van der Waals surface area contributed by atoms with E-state index in [2.05, 4.69) is 10.2 Å². The minimum atomic E-state index is -0.908. The zero-order chi connectivity index (χ0) is 17.4. The van der Waals surface area contributed by atoms with Gasteiger partial charge in [0.1, 0.15) is 11.5 Å². The quantitative estimate of drug-likeness (QED) is 0.667. The summed E-state index contributed by atoms with van der Waals surface area (Å²) in [5.74, 6) is -2.70. The lowest BCUT2D eigenvalue weighted by atomic mass is 10.0. The van der Waals surface area contributed by atoms with Gasteiger partial charge < -0.3 is 10.4 Å². The summed E-state index contributed by atoms with van der Waals surface area (Å²) in [4.78, 5) is 2.37. The number of rotatable bonds is 9. The average Bonchev–Trinajstić information content (AvgIpc) is 2.56. The third-order valence-corrected chi connectivity index (χ3v) is 4.64. The molecule has 0 spiro atoms. The predicted molar refractivity (Wildman–Crippen MR) is 89.6 cm³/mol. The van der Waals surface area contributed by atoms with E-state index in [-0.39, 0.29) is 12.3 Å². The molecule has 1 saturated heterocycles. The van der Waals surface area contributed by atoms with Gasteiger partial charge in [0.25, 0.3) is 0 Å². The van der Waals surface area contributed by atoms with Gasteiger partial charge in [-0.2, -0.15) is 0 Å². The van der Waals surface area contributed by atoms with Crippen LogP contribution in [0.25, 0.3) is 0 Å². The molecule has 0 unspecified atom stereocenters. The minimum absolute atomic E-state index is 0.235. The minimum Gasteiger partial charge on any atom is -0.395 e. The molecule has 0 aliphatic carbocycles. The second-order valence-corrected chi connectivity index (χ2v) is 6.45. The Hall–Kier alpha value is -1.27. The first kappa shape index (κ1) is 19.1. The zero-order valence-corrected chi connectivity index (χ0v) is 14.0. The van der Waals surface area contributed by atoms with Crippen LogP contribution in [0.4, 0.5) is 18.9 Å². The number of likely N-dealkylation sites (tertiary alicyclic amines) is 1. The Morgan fingerprint density at radius 3 is 2.46 bits per heavy atom. The van der Waals surface area contributed by atoms with Gasteiger partial charge in [-0.25, -0.2) is 13.2 Å². The Morgan fingerprint density at radius 2 is 1.75 bits per heavy atom. The highest BCUT2D eigenvalue weighted by Crippen LogP contribution is 2.20. The Kier molecular flexibility index (Phi) is 7.85. The van der Waals surface area contributed by atoms with Crippen molar-refractivity contribution in [2.45, 2.75) is 51.0 Å². The van der Waals surface area contributed by atoms with Crippen LogP contribution < -0.4 is 5.32 Å². The standard InChI is InChI=1S/C18H27F3N2O/c19-14-11-16(20)18(17(21)12-14)22-8-4-1-2-5-9-23-10-6-3-7-15(23)13-24/h11-12,15,22,24H,1-10,13H2/t15-/m1/s1. The number of anilines is 1. The van der Waals surface area contributed by atoms with Crippen LogP contribution in [0.3, 0.4) is 0 Å². The lowest BCUT2D eigenvalue weighted by Crippen LogP contribution is -2.42. The first-order valence-electron chi connectivity index (χ1n) is 8.85. The van der Waals surface area contributed by atoms with Gasteiger partial charge in [-0.05, 0) is 38.8 Å². The van der Waals surface area contributed by atoms with E-state index >= 15 is 0 Å². The van der Waals surface area contributed by atoms with Crippen LogP contribution in [0.15, 0.2) is 12.1 Å². The van der Waals surface area contributed by atoms with E-state index in [1.54, 1.807) is 0 Å². The number of hydrogen-bond acceptors (Lipinski definition) is 3. The summed E-state index contributed by atoms with van der Waals surface area (Å²) >= 11 is 0. The summed E-state index contributed by atoms with van der Waals surface area (Å²) in [5, 5.41) is 12.1. The van der Waals surface area contributed by atoms with Crippen LogP contribution in [0, 0.1) is 17.5 Å². The van der Waals surface area contributed by atoms with Crippen molar-refractivity contribution in [3.63, 3.8) is 0 Å². The second-order valence-electron chi connectivity index (χ2n) is 6.45. The van der Waals surface area contributed by atoms with Crippen molar-refractivity contribution < 1.29 is 18.3 Å². The number of benzene rings is 1. The highest BCUT2D eigenvalue weighted by atomic mass is 19.1. The van der Waals surface area contributed by atoms with Crippen LogP contribution in [0.1, 0.15) is 44.9 Å². The Bertz CT molecular complexity index is 490. The van der Waals surface area contributed by atoms with Gasteiger partial charge in [0.05, 0.1) is 6.61 Å². The Labute approximate surface area is 141 Å². The van der Waals surface area contributed by atoms with Crippen molar-refractivity contribution in [2.75, 3.05) is 31.6 Å². The SMILES string of the molecule is OC[C@H]1CCCCN1CCCCCCNc1c(F)cc(F)cc1F. The molecule has 0 radical (unpaired) electrons. The fourth-order valence-corrected chi connectivity index (χ4v) is 3.28. The maximum atomic E-state index is 13.4. The van der Waals surface area contributed by atoms with Crippen LogP contribution in [0.2, 0.25) is 0 Å². The maximum Gasteiger partial charge on any atom is 0.152 e. The van der Waals surface area contributed by atoms with Crippen LogP contribution >= 0.6 is 0 Å². The smallest absolute Gasteiger partial charge is 0.152 e. The van der Waals surface area contributed by atoms with Crippen molar-refractivity contribution in [2.24, 2.45) is 0 Å². The summed E-state index contributed by atoms with van der Waals surface area (Å²) in [6.45, 7) is 2.76. The first-order valence-corrected chi connectivity index (χ1v) is 8.85. The summed E-state index contributed by atoms with van der Waals surface area (Å²) in [6.07, 6.45) is 7.36. The molecule has 1 atom stereocenters. The van der Waals surface area contributed by atoms with Gasteiger partial charge in [0.15, 0.2) is 11.6 Å². The molecule has 0 amide bonds. The molecule has 1 aromatic carbocycles. The van der Waals surface area contributed by atoms with Crippen molar-refractivity contribution in [3.8, 4) is 0 Å². The fourth-order valence-electron chi connectivity index (χ4n) is 3.28. The summed E-state index contributed by atoms with van der Waals surface area (Å²) in [6, 6.07) is 1.67. The molecule has 24 heavy (non-hydrogen) atoms. The van der Waals surface area contributed by atoms with E-state index in [4.69, 9.17) is 0 Å². The molecular weight excluding hydrogens is 317 g/mol. The molecule has 3 nitrogen and oxygen atoms in total. The summed E-state index contributed by atoms with van der Waals surface area (Å²) < 4.78 is 39.7. The number of nitrogens with zero attached hydrogens (tertiary/aromatic N) is 1. The summed E-state index contributed by atoms with van der Waals surface area (Å²) in [7, 11) is 0. The van der Waals surface area contributed by atoms with Crippen molar-refractivity contribution >= 4 is 5.69 Å². The van der Waals surface area contributed by atoms with Crippen molar-refractivity contribution in [1.82, 2.24) is 4.90 Å². The number of aliphatic hydroxyl groups is 1. The molecule has 2 N–H and O–H groups in total. The van der Waals surface area contributed by atoms with Crippen LogP contribution in [-0.2, 0) is 0 Å². The molecule has 0 aromatic heterocycles. The molecule has 1 aliphatic rings. The van der Waals surface area contributed by atoms with Crippen LogP contribution in [-0.4, -0.2) is 42.3 Å². The Morgan fingerprint density at radius 1 is 1.04 bits per heavy atom. The molecule has 1 fully saturated rings. The van der Waals surface area contributed by atoms with E-state index in [9.17, 15) is 18.3 Å². The summed E-state index contributed by atoms with van der Waals surface area (Å²) in [5.41, 5.74) is -0.254. The number of halogens is 3. The number of piperidine rings is 1. The average molecular weight is 344 g/mol. The first-order chi connectivity index (χ1) is 11.6. The lowest BCUT2D eigenvalue weighted by Gasteiger charge is -2.34. The highest BCUT2D eigenvalue weighted by molar-refractivity contribution is 5.46. The molecule has 6 heteroatoms. The van der Waals surface area contributed by atoms with E-state index in [1.807, 2.05) is 0 Å². The van der Waals surface area contributed by atoms with Gasteiger partial charge in [0.2, 0.25) is 0 Å². The van der Waals surface area contributed by atoms with Gasteiger partial charge in [-0.3, -0.25) is 4.90 Å². The van der Waals surface area contributed by atoms with Gasteiger partial charge in [0, 0.05) is 24.7 Å². The van der Waals surface area contributed by atoms with Crippen molar-refractivity contribution in [1.29, 1.82) is 0 Å². The topological polar surface area (TPSA) is 35.5 Å². The predicted octanol–water partition coefficient (Wildman–Crippen LogP) is 3.92. The normalized spacial score (nSPS) is 18.8. The largest absolute Gasteiger partial charge is 0.395 e. The van der Waals surface area contributed by atoms with Crippen LogP contribution in [0.5, 0.6) is 0 Å². The third kappa shape index (κ3) is 5.67. The Balaban J connectivity index is 1.59. The maximum absolute atomic E-state index is 13.4. The second kappa shape index (κ2) is 9.89. The molecule has 0 saturated carbocycles. The van der Waals surface area contributed by atoms with Gasteiger partial charge in [-0.15, -0.1) is 0 Å². The molecular formula is C18H27F3N2O. The number of aliphatic hydroxyl groups excluding tert-OH is 1. The van der Waals surface area contributed by atoms with Gasteiger partial charge >= 0.3 is 0 Å². The third-order valence-electron chi connectivity index (χ3n) is 4.64. The monoisotopic (exact) mass is 344 g/mol. The molecule has 1 aromatic rings. The highest BCUT2D eigenvalue weighted by Gasteiger charge is 2.20. The number of hydrogen-bond donors (Lipinski definition) is 2. The zero-order valence-electron chi connectivity index (χ0n) is 14.0. The van der Waals surface area contributed by atoms with Crippen molar-refractivity contribution in [3.05, 3.63) is 29.6 Å². The molecule has 1 heterocycles. The molecule has 1 aliphatic heterocycles. The van der Waals surface area contributed by atoms with E-state index < -0.39 is 17.5 Å². The van der Waals surface area contributed by atoms with Gasteiger partial charge in [-0.1, -0.05) is 19.3 Å². The molecule has 0 bridgehead atoms.